The van der Waals surface area contributed by atoms with Gasteiger partial charge in [0.15, 0.2) is 5.75 Å². The Morgan fingerprint density at radius 2 is 1.89 bits per heavy atom. The summed E-state index contributed by atoms with van der Waals surface area (Å²) in [5.41, 5.74) is 2.94. The zero-order chi connectivity index (χ0) is 13.4. The standard InChI is InChI=1S/C16H24O2/c1-6-15(2,3)16(4,5)14-12-8-7-9-13(14)18-17-11-10-12/h7-9H,6,10-11H2,1-5H3. The number of benzene rings is 1. The van der Waals surface area contributed by atoms with E-state index < -0.39 is 0 Å². The number of rotatable bonds is 3. The van der Waals surface area contributed by atoms with Gasteiger partial charge < -0.3 is 4.89 Å². The number of hydrogen-bond acceptors (Lipinski definition) is 2. The second-order valence-corrected chi connectivity index (χ2v) is 6.31. The third kappa shape index (κ3) is 2.03. The Labute approximate surface area is 110 Å². The highest BCUT2D eigenvalue weighted by Crippen LogP contribution is 2.48. The van der Waals surface area contributed by atoms with Gasteiger partial charge in [0.25, 0.3) is 0 Å². The molecule has 0 spiro atoms. The number of fused-ring (bicyclic) bond motifs is 2. The van der Waals surface area contributed by atoms with Crippen LogP contribution in [0.4, 0.5) is 0 Å². The zero-order valence-electron chi connectivity index (χ0n) is 12.2. The number of hydrogen-bond donors (Lipinski definition) is 0. The molecule has 0 atom stereocenters. The average molecular weight is 248 g/mol. The predicted octanol–water partition coefficient (Wildman–Crippen LogP) is 4.27. The van der Waals surface area contributed by atoms with Gasteiger partial charge in [-0.15, -0.1) is 0 Å². The quantitative estimate of drug-likeness (QED) is 0.744. The van der Waals surface area contributed by atoms with Crippen LogP contribution in [0.2, 0.25) is 0 Å². The molecule has 0 aromatic heterocycles. The van der Waals surface area contributed by atoms with Crippen molar-refractivity contribution in [3.8, 4) is 5.75 Å². The first-order valence-corrected chi connectivity index (χ1v) is 6.82. The van der Waals surface area contributed by atoms with E-state index in [0.29, 0.717) is 6.61 Å². The van der Waals surface area contributed by atoms with Crippen molar-refractivity contribution in [1.82, 2.24) is 0 Å². The van der Waals surface area contributed by atoms with E-state index >= 15 is 0 Å². The maximum Gasteiger partial charge on any atom is 0.169 e. The Balaban J connectivity index is 2.57. The van der Waals surface area contributed by atoms with Crippen molar-refractivity contribution in [2.24, 2.45) is 5.41 Å². The second-order valence-electron chi connectivity index (χ2n) is 6.31. The van der Waals surface area contributed by atoms with Crippen LogP contribution >= 0.6 is 0 Å². The van der Waals surface area contributed by atoms with Gasteiger partial charge in [-0.25, -0.2) is 0 Å². The van der Waals surface area contributed by atoms with Gasteiger partial charge in [-0.1, -0.05) is 53.2 Å². The molecule has 0 saturated carbocycles. The molecule has 1 heterocycles. The highest BCUT2D eigenvalue weighted by molar-refractivity contribution is 5.46. The lowest BCUT2D eigenvalue weighted by molar-refractivity contribution is -0.204. The van der Waals surface area contributed by atoms with Crippen molar-refractivity contribution in [3.05, 3.63) is 29.3 Å². The third-order valence-electron chi connectivity index (χ3n) is 4.92. The summed E-state index contributed by atoms with van der Waals surface area (Å²) in [6.07, 6.45) is 2.06. The molecule has 1 aliphatic rings. The van der Waals surface area contributed by atoms with E-state index in [2.05, 4.69) is 46.8 Å². The zero-order valence-corrected chi connectivity index (χ0v) is 12.2. The van der Waals surface area contributed by atoms with E-state index in [4.69, 9.17) is 9.78 Å². The molecule has 2 nitrogen and oxygen atoms in total. The van der Waals surface area contributed by atoms with Crippen molar-refractivity contribution < 1.29 is 9.78 Å². The normalized spacial score (nSPS) is 16.1. The molecule has 1 aromatic carbocycles. The van der Waals surface area contributed by atoms with Gasteiger partial charge in [-0.2, -0.15) is 4.89 Å². The lowest BCUT2D eigenvalue weighted by Gasteiger charge is -2.42. The fraction of sp³-hybridized carbons (Fsp3) is 0.625. The predicted molar refractivity (Wildman–Crippen MR) is 73.8 cm³/mol. The van der Waals surface area contributed by atoms with Crippen LogP contribution in [0.15, 0.2) is 18.2 Å². The second kappa shape index (κ2) is 4.58. The van der Waals surface area contributed by atoms with E-state index in [9.17, 15) is 0 Å². The summed E-state index contributed by atoms with van der Waals surface area (Å²) in [6, 6.07) is 6.26. The van der Waals surface area contributed by atoms with Gasteiger partial charge in [0, 0.05) is 12.0 Å². The Kier molecular flexibility index (Phi) is 3.41. The van der Waals surface area contributed by atoms with Crippen LogP contribution < -0.4 is 4.89 Å². The molecule has 2 bridgehead atoms. The molecule has 0 N–H and O–H groups in total. The Hall–Kier alpha value is -1.02. The Morgan fingerprint density at radius 3 is 2.56 bits per heavy atom. The largest absolute Gasteiger partial charge is 0.337 e. The van der Waals surface area contributed by atoms with Crippen molar-refractivity contribution in [1.29, 1.82) is 0 Å². The van der Waals surface area contributed by atoms with Gasteiger partial charge in [-0.3, -0.25) is 0 Å². The molecular weight excluding hydrogens is 224 g/mol. The monoisotopic (exact) mass is 248 g/mol. The summed E-state index contributed by atoms with van der Waals surface area (Å²) in [4.78, 5) is 10.7. The molecule has 2 heteroatoms. The lowest BCUT2D eigenvalue weighted by Crippen LogP contribution is -2.37. The van der Waals surface area contributed by atoms with Crippen LogP contribution in [0.1, 0.15) is 52.2 Å². The van der Waals surface area contributed by atoms with Crippen molar-refractivity contribution in [2.75, 3.05) is 6.61 Å². The van der Waals surface area contributed by atoms with E-state index in [1.807, 2.05) is 6.07 Å². The van der Waals surface area contributed by atoms with Crippen LogP contribution in [0.25, 0.3) is 0 Å². The molecule has 18 heavy (non-hydrogen) atoms. The fourth-order valence-electron chi connectivity index (χ4n) is 2.60. The molecule has 0 aliphatic carbocycles. The molecule has 0 saturated heterocycles. The van der Waals surface area contributed by atoms with Gasteiger partial charge in [-0.05, 0) is 22.5 Å². The third-order valence-corrected chi connectivity index (χ3v) is 4.92. The SMILES string of the molecule is CCC(C)(C)C(C)(C)c1c2cccc1OOCC2. The van der Waals surface area contributed by atoms with Gasteiger partial charge >= 0.3 is 0 Å². The first kappa shape index (κ1) is 13.4. The summed E-state index contributed by atoms with van der Waals surface area (Å²) >= 11 is 0. The van der Waals surface area contributed by atoms with Crippen molar-refractivity contribution in [2.45, 2.75) is 52.9 Å². The molecule has 0 radical (unpaired) electrons. The van der Waals surface area contributed by atoms with Crippen molar-refractivity contribution >= 4 is 0 Å². The average Bonchev–Trinajstić information content (AvgIpc) is 2.45. The Morgan fingerprint density at radius 1 is 1.17 bits per heavy atom. The smallest absolute Gasteiger partial charge is 0.169 e. The van der Waals surface area contributed by atoms with Crippen molar-refractivity contribution in [3.63, 3.8) is 0 Å². The van der Waals surface area contributed by atoms with Crippen LogP contribution in [0.5, 0.6) is 5.75 Å². The van der Waals surface area contributed by atoms with Crippen LogP contribution in [0, 0.1) is 5.41 Å². The molecule has 100 valence electrons. The molecule has 2 rings (SSSR count). The molecule has 0 unspecified atom stereocenters. The van der Waals surface area contributed by atoms with Crippen LogP contribution in [-0.2, 0) is 16.7 Å². The minimum Gasteiger partial charge on any atom is -0.337 e. The summed E-state index contributed by atoms with van der Waals surface area (Å²) < 4.78 is 0. The first-order chi connectivity index (χ1) is 8.40. The molecule has 0 amide bonds. The minimum absolute atomic E-state index is 0.0569. The van der Waals surface area contributed by atoms with Crippen LogP contribution in [0.3, 0.4) is 0 Å². The van der Waals surface area contributed by atoms with E-state index in [-0.39, 0.29) is 10.8 Å². The van der Waals surface area contributed by atoms with Gasteiger partial charge in [0.2, 0.25) is 0 Å². The van der Waals surface area contributed by atoms with E-state index in [1.165, 1.54) is 11.1 Å². The van der Waals surface area contributed by atoms with Crippen LogP contribution in [-0.4, -0.2) is 6.61 Å². The molecular formula is C16H24O2. The van der Waals surface area contributed by atoms with Gasteiger partial charge in [0.1, 0.15) is 0 Å². The summed E-state index contributed by atoms with van der Waals surface area (Å²) in [5, 5.41) is 0. The maximum absolute atomic E-state index is 5.46. The molecule has 1 aliphatic heterocycles. The Bertz CT molecular complexity index is 408. The highest BCUT2D eigenvalue weighted by atomic mass is 17.2. The fourth-order valence-corrected chi connectivity index (χ4v) is 2.60. The topological polar surface area (TPSA) is 18.5 Å². The summed E-state index contributed by atoms with van der Waals surface area (Å²) in [5.74, 6) is 0.886. The summed E-state index contributed by atoms with van der Waals surface area (Å²) in [7, 11) is 0. The first-order valence-electron chi connectivity index (χ1n) is 6.82. The minimum atomic E-state index is 0.0569. The molecule has 0 fully saturated rings. The molecule has 1 aromatic rings. The lowest BCUT2D eigenvalue weighted by atomic mass is 9.61. The van der Waals surface area contributed by atoms with E-state index in [1.54, 1.807) is 0 Å². The van der Waals surface area contributed by atoms with E-state index in [0.717, 1.165) is 18.6 Å². The van der Waals surface area contributed by atoms with Gasteiger partial charge in [0.05, 0.1) is 6.61 Å². The summed E-state index contributed by atoms with van der Waals surface area (Å²) in [6.45, 7) is 12.2. The highest BCUT2D eigenvalue weighted by Gasteiger charge is 2.40. The maximum atomic E-state index is 5.46.